The molecule has 0 aliphatic rings. The van der Waals surface area contributed by atoms with Gasteiger partial charge in [-0.3, -0.25) is 0 Å². The number of rotatable bonds is 5. The van der Waals surface area contributed by atoms with Crippen LogP contribution >= 0.6 is 12.6 Å². The van der Waals surface area contributed by atoms with Gasteiger partial charge in [-0.25, -0.2) is 0 Å². The Morgan fingerprint density at radius 3 is 2.47 bits per heavy atom. The Kier molecular flexibility index (Phi) is 5.19. The van der Waals surface area contributed by atoms with Gasteiger partial charge in [0.2, 0.25) is 0 Å². The molecule has 1 aromatic rings. The number of hydrogen-bond acceptors (Lipinski definition) is 3. The van der Waals surface area contributed by atoms with E-state index in [9.17, 15) is 0 Å². The molecule has 0 aliphatic carbocycles. The molecule has 0 N–H and O–H groups in total. The molecular formula is C14H22O2S. The summed E-state index contributed by atoms with van der Waals surface area (Å²) in [6.07, 6.45) is 0.957. The molecule has 17 heavy (non-hydrogen) atoms. The number of ether oxygens (including phenoxy) is 2. The van der Waals surface area contributed by atoms with E-state index in [0.29, 0.717) is 6.61 Å². The van der Waals surface area contributed by atoms with Crippen LogP contribution in [0.2, 0.25) is 0 Å². The Morgan fingerprint density at radius 2 is 1.94 bits per heavy atom. The molecule has 0 aliphatic heterocycles. The fraction of sp³-hybridized carbons (Fsp3) is 0.571. The predicted octanol–water partition coefficient (Wildman–Crippen LogP) is 3.69. The van der Waals surface area contributed by atoms with Gasteiger partial charge in [-0.2, -0.15) is 12.6 Å². The van der Waals surface area contributed by atoms with Crippen molar-refractivity contribution in [2.75, 3.05) is 19.5 Å². The van der Waals surface area contributed by atoms with E-state index in [1.54, 1.807) is 7.11 Å². The highest BCUT2D eigenvalue weighted by Crippen LogP contribution is 2.34. The van der Waals surface area contributed by atoms with Crippen LogP contribution in [-0.4, -0.2) is 19.5 Å². The first-order valence-corrected chi connectivity index (χ1v) is 6.54. The molecule has 3 heteroatoms. The van der Waals surface area contributed by atoms with Crippen LogP contribution in [0.1, 0.15) is 32.8 Å². The summed E-state index contributed by atoms with van der Waals surface area (Å²) in [6.45, 7) is 7.23. The first-order chi connectivity index (χ1) is 7.99. The van der Waals surface area contributed by atoms with Crippen molar-refractivity contribution >= 4 is 12.6 Å². The van der Waals surface area contributed by atoms with Crippen molar-refractivity contribution in [3.05, 3.63) is 23.8 Å². The molecule has 96 valence electrons. The quantitative estimate of drug-likeness (QED) is 0.638. The van der Waals surface area contributed by atoms with E-state index in [2.05, 4.69) is 39.5 Å². The van der Waals surface area contributed by atoms with Gasteiger partial charge in [-0.1, -0.05) is 20.8 Å². The molecule has 2 nitrogen and oxygen atoms in total. The highest BCUT2D eigenvalue weighted by Gasteiger charge is 2.19. The van der Waals surface area contributed by atoms with Gasteiger partial charge >= 0.3 is 0 Å². The van der Waals surface area contributed by atoms with E-state index < -0.39 is 0 Å². The highest BCUT2D eigenvalue weighted by molar-refractivity contribution is 7.80. The molecule has 0 heterocycles. The normalized spacial score (nSPS) is 11.4. The molecule has 1 aromatic carbocycles. The summed E-state index contributed by atoms with van der Waals surface area (Å²) in [6, 6.07) is 5.97. The summed E-state index contributed by atoms with van der Waals surface area (Å²) in [4.78, 5) is 0. The second-order valence-electron chi connectivity index (χ2n) is 5.04. The molecule has 0 bridgehead atoms. The van der Waals surface area contributed by atoms with Crippen LogP contribution in [0.5, 0.6) is 11.5 Å². The fourth-order valence-corrected chi connectivity index (χ4v) is 1.72. The summed E-state index contributed by atoms with van der Waals surface area (Å²) >= 11 is 4.18. The molecule has 1 rings (SSSR count). The lowest BCUT2D eigenvalue weighted by atomic mass is 9.86. The Bertz CT molecular complexity index is 356. The van der Waals surface area contributed by atoms with Crippen LogP contribution in [0.4, 0.5) is 0 Å². The van der Waals surface area contributed by atoms with E-state index in [1.165, 1.54) is 5.56 Å². The fourth-order valence-electron chi connectivity index (χ4n) is 1.59. The Balaban J connectivity index is 2.95. The van der Waals surface area contributed by atoms with E-state index in [0.717, 1.165) is 23.7 Å². The molecule has 0 fully saturated rings. The van der Waals surface area contributed by atoms with Crippen molar-refractivity contribution in [1.82, 2.24) is 0 Å². The average Bonchev–Trinajstić information content (AvgIpc) is 2.28. The molecule has 0 radical (unpaired) electrons. The maximum absolute atomic E-state index is 5.80. The molecule has 0 saturated carbocycles. The van der Waals surface area contributed by atoms with Gasteiger partial charge in [0.1, 0.15) is 11.5 Å². The summed E-state index contributed by atoms with van der Waals surface area (Å²) in [5.41, 5.74) is 1.22. The molecule has 0 unspecified atom stereocenters. The van der Waals surface area contributed by atoms with Gasteiger partial charge in [0.05, 0.1) is 13.7 Å². The van der Waals surface area contributed by atoms with Gasteiger partial charge in [0.25, 0.3) is 0 Å². The summed E-state index contributed by atoms with van der Waals surface area (Å²) in [7, 11) is 1.68. The van der Waals surface area contributed by atoms with E-state index >= 15 is 0 Å². The number of benzene rings is 1. The van der Waals surface area contributed by atoms with Crippen LogP contribution in [0, 0.1) is 0 Å². The van der Waals surface area contributed by atoms with Crippen molar-refractivity contribution < 1.29 is 9.47 Å². The van der Waals surface area contributed by atoms with E-state index in [4.69, 9.17) is 9.47 Å². The lowest BCUT2D eigenvalue weighted by Crippen LogP contribution is -2.14. The third-order valence-electron chi connectivity index (χ3n) is 2.55. The van der Waals surface area contributed by atoms with Crippen molar-refractivity contribution in [3.63, 3.8) is 0 Å². The Labute approximate surface area is 110 Å². The number of methoxy groups -OCH3 is 1. The van der Waals surface area contributed by atoms with Crippen molar-refractivity contribution in [3.8, 4) is 11.5 Å². The minimum atomic E-state index is 0.0465. The van der Waals surface area contributed by atoms with Gasteiger partial charge in [-0.15, -0.1) is 0 Å². The number of thiol groups is 1. The predicted molar refractivity (Wildman–Crippen MR) is 75.7 cm³/mol. The third kappa shape index (κ3) is 4.15. The summed E-state index contributed by atoms with van der Waals surface area (Å²) in [5, 5.41) is 0. The highest BCUT2D eigenvalue weighted by atomic mass is 32.1. The minimum Gasteiger partial charge on any atom is -0.497 e. The standard InChI is InChI=1S/C14H22O2S/c1-14(2,3)12-10-11(15-4)6-7-13(12)16-8-5-9-17/h6-7,10,17H,5,8-9H2,1-4H3. The first-order valence-electron chi connectivity index (χ1n) is 5.91. The zero-order chi connectivity index (χ0) is 12.9. The van der Waals surface area contributed by atoms with Crippen molar-refractivity contribution in [2.24, 2.45) is 0 Å². The van der Waals surface area contributed by atoms with Gasteiger partial charge in [-0.05, 0) is 35.8 Å². The summed E-state index contributed by atoms with van der Waals surface area (Å²) < 4.78 is 11.1. The van der Waals surface area contributed by atoms with Gasteiger partial charge in [0, 0.05) is 5.56 Å². The molecule has 0 amide bonds. The smallest absolute Gasteiger partial charge is 0.123 e. The molecular weight excluding hydrogens is 232 g/mol. The SMILES string of the molecule is COc1ccc(OCCCS)c(C(C)(C)C)c1. The molecule has 0 spiro atoms. The lowest BCUT2D eigenvalue weighted by Gasteiger charge is -2.23. The van der Waals surface area contributed by atoms with Crippen LogP contribution in [0.25, 0.3) is 0 Å². The zero-order valence-corrected chi connectivity index (χ0v) is 12.0. The van der Waals surface area contributed by atoms with Gasteiger partial charge < -0.3 is 9.47 Å². The third-order valence-corrected chi connectivity index (χ3v) is 2.87. The van der Waals surface area contributed by atoms with Crippen LogP contribution in [-0.2, 0) is 5.41 Å². The van der Waals surface area contributed by atoms with Crippen LogP contribution < -0.4 is 9.47 Å². The van der Waals surface area contributed by atoms with Gasteiger partial charge in [0.15, 0.2) is 0 Å². The Morgan fingerprint density at radius 1 is 1.24 bits per heavy atom. The Hall–Kier alpha value is -0.830. The van der Waals surface area contributed by atoms with E-state index in [-0.39, 0.29) is 5.41 Å². The van der Waals surface area contributed by atoms with E-state index in [1.807, 2.05) is 12.1 Å². The van der Waals surface area contributed by atoms with Crippen LogP contribution in [0.3, 0.4) is 0 Å². The average molecular weight is 254 g/mol. The van der Waals surface area contributed by atoms with Crippen molar-refractivity contribution in [2.45, 2.75) is 32.6 Å². The molecule has 0 aromatic heterocycles. The van der Waals surface area contributed by atoms with Crippen molar-refractivity contribution in [1.29, 1.82) is 0 Å². The maximum Gasteiger partial charge on any atom is 0.123 e. The second-order valence-corrected chi connectivity index (χ2v) is 5.48. The zero-order valence-electron chi connectivity index (χ0n) is 11.1. The summed E-state index contributed by atoms with van der Waals surface area (Å²) in [5.74, 6) is 2.66. The first kappa shape index (κ1) is 14.2. The molecule has 0 atom stereocenters. The number of hydrogen-bond donors (Lipinski definition) is 1. The minimum absolute atomic E-state index is 0.0465. The largest absolute Gasteiger partial charge is 0.497 e. The van der Waals surface area contributed by atoms with Crippen LogP contribution in [0.15, 0.2) is 18.2 Å². The topological polar surface area (TPSA) is 18.5 Å². The lowest BCUT2D eigenvalue weighted by molar-refractivity contribution is 0.308. The molecule has 0 saturated heterocycles. The maximum atomic E-state index is 5.80. The monoisotopic (exact) mass is 254 g/mol. The second kappa shape index (κ2) is 6.20.